The molecule has 0 radical (unpaired) electrons. The van der Waals surface area contributed by atoms with Crippen molar-refractivity contribution < 1.29 is 4.79 Å². The first-order chi connectivity index (χ1) is 9.11. The van der Waals surface area contributed by atoms with Gasteiger partial charge in [0.25, 0.3) is 0 Å². The van der Waals surface area contributed by atoms with Gasteiger partial charge in [0.1, 0.15) is 0 Å². The van der Waals surface area contributed by atoms with Crippen LogP contribution in [0.1, 0.15) is 64.7 Å². The Morgan fingerprint density at radius 1 is 1.00 bits per heavy atom. The Kier molecular flexibility index (Phi) is 5.26. The Hall–Kier alpha value is -0.570. The summed E-state index contributed by atoms with van der Waals surface area (Å²) in [6, 6.07) is 0.521. The van der Waals surface area contributed by atoms with E-state index in [0.29, 0.717) is 17.9 Å². The van der Waals surface area contributed by atoms with E-state index in [1.54, 1.807) is 0 Å². The molecule has 0 aromatic rings. The minimum Gasteiger partial charge on any atom is -0.342 e. The molecule has 2 saturated carbocycles. The first-order valence-electron chi connectivity index (χ1n) is 8.13. The summed E-state index contributed by atoms with van der Waals surface area (Å²) < 4.78 is 0. The van der Waals surface area contributed by atoms with Crippen molar-refractivity contribution in [3.63, 3.8) is 0 Å². The molecule has 4 atom stereocenters. The molecule has 2 rings (SSSR count). The van der Waals surface area contributed by atoms with Crippen LogP contribution in [0.4, 0.5) is 0 Å². The van der Waals surface area contributed by atoms with Gasteiger partial charge in [-0.1, -0.05) is 39.0 Å². The molecule has 2 aliphatic carbocycles. The Morgan fingerprint density at radius 3 is 2.37 bits per heavy atom. The van der Waals surface area contributed by atoms with Crippen LogP contribution >= 0.6 is 0 Å². The van der Waals surface area contributed by atoms with Crippen molar-refractivity contribution in [1.29, 1.82) is 0 Å². The first kappa shape index (κ1) is 14.8. The second-order valence-electron chi connectivity index (χ2n) is 6.69. The number of nitrogens with two attached hydrogens (primary N) is 1. The normalized spacial score (nSPS) is 36.6. The average Bonchev–Trinajstić information content (AvgIpc) is 2.62. The van der Waals surface area contributed by atoms with Gasteiger partial charge in [0.15, 0.2) is 0 Å². The number of hydrogen-bond donors (Lipinski definition) is 1. The van der Waals surface area contributed by atoms with Crippen molar-refractivity contribution in [2.45, 2.75) is 76.8 Å². The van der Waals surface area contributed by atoms with Gasteiger partial charge in [-0.3, -0.25) is 4.79 Å². The number of amides is 1. The minimum absolute atomic E-state index is 0.0710. The summed E-state index contributed by atoms with van der Waals surface area (Å²) in [5, 5.41) is 0. The van der Waals surface area contributed by atoms with Crippen LogP contribution in [0.5, 0.6) is 0 Å². The van der Waals surface area contributed by atoms with Gasteiger partial charge in [-0.05, 0) is 31.6 Å². The molecular weight excluding hydrogens is 236 g/mol. The number of nitrogens with zero attached hydrogens (tertiary/aromatic N) is 1. The highest BCUT2D eigenvalue weighted by atomic mass is 16.2. The molecule has 0 bridgehead atoms. The van der Waals surface area contributed by atoms with E-state index in [-0.39, 0.29) is 12.0 Å². The van der Waals surface area contributed by atoms with Gasteiger partial charge in [-0.25, -0.2) is 0 Å². The zero-order valence-corrected chi connectivity index (χ0v) is 12.6. The van der Waals surface area contributed by atoms with Crippen molar-refractivity contribution in [1.82, 2.24) is 4.90 Å². The van der Waals surface area contributed by atoms with Crippen molar-refractivity contribution in [2.24, 2.45) is 17.6 Å². The molecule has 4 unspecified atom stereocenters. The summed E-state index contributed by atoms with van der Waals surface area (Å²) in [5.41, 5.74) is 6.23. The third kappa shape index (κ3) is 3.50. The van der Waals surface area contributed by atoms with E-state index in [1.807, 2.05) is 11.9 Å². The van der Waals surface area contributed by atoms with E-state index in [2.05, 4.69) is 6.92 Å². The standard InChI is InChI=1S/C16H30N2O/c1-12-8-6-7-11-15(12)18(2)16(19)13-9-4-3-5-10-14(13)17/h12-15H,3-11,17H2,1-2H3. The average molecular weight is 266 g/mol. The fourth-order valence-electron chi connectivity index (χ4n) is 3.94. The third-order valence-corrected chi connectivity index (χ3v) is 5.30. The fourth-order valence-corrected chi connectivity index (χ4v) is 3.94. The Morgan fingerprint density at radius 2 is 1.63 bits per heavy atom. The molecule has 19 heavy (non-hydrogen) atoms. The molecule has 0 aromatic carbocycles. The van der Waals surface area contributed by atoms with Gasteiger partial charge in [0.05, 0.1) is 5.92 Å². The molecule has 110 valence electrons. The van der Waals surface area contributed by atoms with Gasteiger partial charge in [-0.15, -0.1) is 0 Å². The van der Waals surface area contributed by atoms with Crippen LogP contribution in [-0.2, 0) is 4.79 Å². The molecule has 0 aromatic heterocycles. The lowest BCUT2D eigenvalue weighted by Crippen LogP contribution is -2.49. The third-order valence-electron chi connectivity index (χ3n) is 5.30. The minimum atomic E-state index is 0.0710. The lowest BCUT2D eigenvalue weighted by Gasteiger charge is -2.38. The number of hydrogen-bond acceptors (Lipinski definition) is 2. The van der Waals surface area contributed by atoms with Crippen molar-refractivity contribution in [3.05, 3.63) is 0 Å². The highest BCUT2D eigenvalue weighted by Gasteiger charge is 2.34. The van der Waals surface area contributed by atoms with Crippen molar-refractivity contribution in [2.75, 3.05) is 7.05 Å². The maximum absolute atomic E-state index is 12.8. The lowest BCUT2D eigenvalue weighted by molar-refractivity contribution is -0.138. The SMILES string of the molecule is CC1CCCCC1N(C)C(=O)C1CCCCCC1N. The quantitative estimate of drug-likeness (QED) is 0.781. The molecular formula is C16H30N2O. The van der Waals surface area contributed by atoms with Crippen LogP contribution in [0.25, 0.3) is 0 Å². The van der Waals surface area contributed by atoms with Crippen LogP contribution in [0.15, 0.2) is 0 Å². The Bertz CT molecular complexity index is 305. The van der Waals surface area contributed by atoms with Crippen LogP contribution < -0.4 is 5.73 Å². The first-order valence-corrected chi connectivity index (χ1v) is 8.13. The lowest BCUT2D eigenvalue weighted by atomic mass is 9.84. The maximum Gasteiger partial charge on any atom is 0.227 e. The van der Waals surface area contributed by atoms with Gasteiger partial charge >= 0.3 is 0 Å². The second-order valence-corrected chi connectivity index (χ2v) is 6.69. The summed E-state index contributed by atoms with van der Waals surface area (Å²) in [6.07, 6.45) is 10.6. The summed E-state index contributed by atoms with van der Waals surface area (Å²) in [7, 11) is 2.01. The topological polar surface area (TPSA) is 46.3 Å². The Labute approximate surface area is 117 Å². The second kappa shape index (κ2) is 6.74. The molecule has 0 saturated heterocycles. The van der Waals surface area contributed by atoms with E-state index in [4.69, 9.17) is 5.73 Å². The number of carbonyl (C=O) groups is 1. The predicted molar refractivity (Wildman–Crippen MR) is 78.7 cm³/mol. The van der Waals surface area contributed by atoms with E-state index >= 15 is 0 Å². The molecule has 0 spiro atoms. The summed E-state index contributed by atoms with van der Waals surface area (Å²) in [4.78, 5) is 14.8. The van der Waals surface area contributed by atoms with Crippen LogP contribution in [0.2, 0.25) is 0 Å². The van der Waals surface area contributed by atoms with E-state index in [0.717, 1.165) is 19.3 Å². The molecule has 0 aliphatic heterocycles. The van der Waals surface area contributed by atoms with Crippen LogP contribution in [0.3, 0.4) is 0 Å². The predicted octanol–water partition coefficient (Wildman–Crippen LogP) is 2.93. The van der Waals surface area contributed by atoms with Gasteiger partial charge in [0, 0.05) is 19.1 Å². The van der Waals surface area contributed by atoms with Crippen molar-refractivity contribution in [3.8, 4) is 0 Å². The highest BCUT2D eigenvalue weighted by Crippen LogP contribution is 2.30. The molecule has 2 fully saturated rings. The zero-order chi connectivity index (χ0) is 13.8. The molecule has 0 heterocycles. The number of rotatable bonds is 2. The smallest absolute Gasteiger partial charge is 0.227 e. The van der Waals surface area contributed by atoms with Crippen LogP contribution in [0, 0.1) is 11.8 Å². The van der Waals surface area contributed by atoms with Crippen molar-refractivity contribution >= 4 is 5.91 Å². The van der Waals surface area contributed by atoms with E-state index in [9.17, 15) is 4.79 Å². The monoisotopic (exact) mass is 266 g/mol. The van der Waals surface area contributed by atoms with Gasteiger partial charge in [-0.2, -0.15) is 0 Å². The number of carbonyl (C=O) groups excluding carboxylic acids is 1. The molecule has 2 N–H and O–H groups in total. The van der Waals surface area contributed by atoms with Crippen LogP contribution in [-0.4, -0.2) is 29.9 Å². The highest BCUT2D eigenvalue weighted by molar-refractivity contribution is 5.79. The summed E-state index contributed by atoms with van der Waals surface area (Å²) >= 11 is 0. The molecule has 1 amide bonds. The molecule has 3 heteroatoms. The fraction of sp³-hybridized carbons (Fsp3) is 0.938. The van der Waals surface area contributed by atoms with E-state index in [1.165, 1.54) is 38.5 Å². The maximum atomic E-state index is 12.8. The zero-order valence-electron chi connectivity index (χ0n) is 12.6. The summed E-state index contributed by atoms with van der Waals surface area (Å²) in [5.74, 6) is 1.03. The molecule has 2 aliphatic rings. The van der Waals surface area contributed by atoms with E-state index < -0.39 is 0 Å². The Balaban J connectivity index is 2.00. The van der Waals surface area contributed by atoms with Gasteiger partial charge < -0.3 is 10.6 Å². The summed E-state index contributed by atoms with van der Waals surface area (Å²) in [6.45, 7) is 2.29. The molecule has 3 nitrogen and oxygen atoms in total. The van der Waals surface area contributed by atoms with Gasteiger partial charge in [0.2, 0.25) is 5.91 Å². The largest absolute Gasteiger partial charge is 0.342 e.